The van der Waals surface area contributed by atoms with E-state index in [1.54, 1.807) is 25.4 Å². The van der Waals surface area contributed by atoms with Crippen molar-refractivity contribution in [1.82, 2.24) is 15.2 Å². The lowest BCUT2D eigenvalue weighted by atomic mass is 10.0. The zero-order chi connectivity index (χ0) is 21.8. The number of hydrogen-bond acceptors (Lipinski definition) is 6. The van der Waals surface area contributed by atoms with Gasteiger partial charge in [-0.05, 0) is 48.6 Å². The number of thiocarbonyl (C=S) groups is 1. The van der Waals surface area contributed by atoms with Crippen molar-refractivity contribution in [2.45, 2.75) is 12.1 Å². The maximum atomic E-state index is 11.7. The van der Waals surface area contributed by atoms with Crippen LogP contribution < -0.4 is 5.32 Å². The van der Waals surface area contributed by atoms with Crippen molar-refractivity contribution in [3.63, 3.8) is 0 Å². The summed E-state index contributed by atoms with van der Waals surface area (Å²) in [6, 6.07) is 16.5. The monoisotopic (exact) mass is 437 g/mol. The summed E-state index contributed by atoms with van der Waals surface area (Å²) in [5.41, 5.74) is 2.24. The molecule has 0 radical (unpaired) electrons. The molecule has 7 nitrogen and oxygen atoms in total. The summed E-state index contributed by atoms with van der Waals surface area (Å²) in [6.07, 6.45) is 1.77. The van der Waals surface area contributed by atoms with Crippen LogP contribution in [0, 0.1) is 0 Å². The molecule has 1 fully saturated rings. The topological polar surface area (TPSA) is 76.8 Å². The van der Waals surface area contributed by atoms with Crippen LogP contribution >= 0.6 is 12.2 Å². The maximum Gasteiger partial charge on any atom is 0.337 e. The average Bonchev–Trinajstić information content (AvgIpc) is 3.42. The average molecular weight is 438 g/mol. The Morgan fingerprint density at radius 3 is 2.65 bits per heavy atom. The van der Waals surface area contributed by atoms with Crippen molar-refractivity contribution in [3.8, 4) is 11.3 Å². The number of benzene rings is 1. The lowest BCUT2D eigenvalue weighted by Gasteiger charge is -2.25. The van der Waals surface area contributed by atoms with E-state index in [9.17, 15) is 4.79 Å². The largest absolute Gasteiger partial charge is 0.465 e. The number of esters is 1. The van der Waals surface area contributed by atoms with Gasteiger partial charge in [-0.25, -0.2) is 4.79 Å². The number of carbonyl (C=O) groups excluding carboxylic acids is 1. The molecule has 0 spiro atoms. The highest BCUT2D eigenvalue weighted by molar-refractivity contribution is 7.80. The Balaban J connectivity index is 1.65. The number of carbonyl (C=O) groups is 1. The minimum absolute atomic E-state index is 0.147. The highest BCUT2D eigenvalue weighted by Gasteiger charge is 2.41. The van der Waals surface area contributed by atoms with Gasteiger partial charge in [0.25, 0.3) is 0 Å². The van der Waals surface area contributed by atoms with Crippen molar-refractivity contribution in [3.05, 3.63) is 77.8 Å². The summed E-state index contributed by atoms with van der Waals surface area (Å²) in [5.74, 6) is 1.10. The Hall–Kier alpha value is -3.23. The predicted molar refractivity (Wildman–Crippen MR) is 120 cm³/mol. The van der Waals surface area contributed by atoms with E-state index in [1.165, 1.54) is 7.11 Å². The molecule has 1 N–H and O–H groups in total. The van der Waals surface area contributed by atoms with Crippen LogP contribution in [0.1, 0.15) is 33.9 Å². The first-order valence-electron chi connectivity index (χ1n) is 9.88. The first-order chi connectivity index (χ1) is 15.1. The molecule has 3 aromatic rings. The fourth-order valence-electron chi connectivity index (χ4n) is 3.70. The zero-order valence-corrected chi connectivity index (χ0v) is 18.1. The SMILES string of the molecule is COCCN1C(=S)NC(c2ccccn2)C1c1ccc(-c2ccc(C(=O)OC)cc2)o1. The molecule has 1 saturated heterocycles. The molecule has 1 aliphatic heterocycles. The van der Waals surface area contributed by atoms with Crippen LogP contribution in [0.25, 0.3) is 11.3 Å². The lowest BCUT2D eigenvalue weighted by molar-refractivity contribution is 0.0600. The van der Waals surface area contributed by atoms with Gasteiger partial charge in [-0.2, -0.15) is 0 Å². The molecule has 160 valence electrons. The van der Waals surface area contributed by atoms with E-state index in [0.29, 0.717) is 29.6 Å². The van der Waals surface area contributed by atoms with Crippen molar-refractivity contribution in [2.75, 3.05) is 27.4 Å². The molecule has 2 unspecified atom stereocenters. The smallest absolute Gasteiger partial charge is 0.337 e. The van der Waals surface area contributed by atoms with Gasteiger partial charge in [0.2, 0.25) is 0 Å². The molecule has 0 bridgehead atoms. The Morgan fingerprint density at radius 1 is 1.16 bits per heavy atom. The van der Waals surface area contributed by atoms with E-state index in [1.807, 2.05) is 42.5 Å². The van der Waals surface area contributed by atoms with Crippen LogP contribution in [0.4, 0.5) is 0 Å². The second kappa shape index (κ2) is 9.28. The summed E-state index contributed by atoms with van der Waals surface area (Å²) >= 11 is 5.60. The number of pyridine rings is 1. The number of aromatic nitrogens is 1. The molecule has 2 aromatic heterocycles. The molecule has 1 aromatic carbocycles. The predicted octanol–water partition coefficient (Wildman–Crippen LogP) is 3.75. The van der Waals surface area contributed by atoms with Gasteiger partial charge in [0.1, 0.15) is 17.6 Å². The van der Waals surface area contributed by atoms with Gasteiger partial charge in [-0.1, -0.05) is 18.2 Å². The highest BCUT2D eigenvalue weighted by Crippen LogP contribution is 2.40. The van der Waals surface area contributed by atoms with E-state index >= 15 is 0 Å². The summed E-state index contributed by atoms with van der Waals surface area (Å²) in [4.78, 5) is 18.3. The number of rotatable bonds is 7. The van der Waals surface area contributed by atoms with Crippen LogP contribution in [0.3, 0.4) is 0 Å². The third kappa shape index (κ3) is 4.30. The van der Waals surface area contributed by atoms with Gasteiger partial charge in [0.05, 0.1) is 31.0 Å². The summed E-state index contributed by atoms with van der Waals surface area (Å²) in [7, 11) is 3.03. The second-order valence-electron chi connectivity index (χ2n) is 7.08. The van der Waals surface area contributed by atoms with Crippen LogP contribution in [-0.2, 0) is 9.47 Å². The summed E-state index contributed by atoms with van der Waals surface area (Å²) in [5, 5.41) is 4.02. The van der Waals surface area contributed by atoms with Gasteiger partial charge < -0.3 is 24.1 Å². The molecule has 0 amide bonds. The third-order valence-electron chi connectivity index (χ3n) is 5.24. The minimum Gasteiger partial charge on any atom is -0.465 e. The van der Waals surface area contributed by atoms with E-state index in [-0.39, 0.29) is 18.1 Å². The maximum absolute atomic E-state index is 11.7. The van der Waals surface area contributed by atoms with Crippen molar-refractivity contribution >= 4 is 23.3 Å². The molecular weight excluding hydrogens is 414 g/mol. The second-order valence-corrected chi connectivity index (χ2v) is 7.47. The quantitative estimate of drug-likeness (QED) is 0.442. The number of hydrogen-bond donors (Lipinski definition) is 1. The van der Waals surface area contributed by atoms with E-state index in [0.717, 1.165) is 17.0 Å². The van der Waals surface area contributed by atoms with Crippen molar-refractivity contribution in [1.29, 1.82) is 0 Å². The number of methoxy groups -OCH3 is 2. The zero-order valence-electron chi connectivity index (χ0n) is 17.3. The first kappa shape index (κ1) is 21.0. The number of nitrogens with one attached hydrogen (secondary N) is 1. The standard InChI is InChI=1S/C23H23N3O4S/c1-28-14-13-26-21(20(25-23(26)31)17-5-3-4-12-24-17)19-11-10-18(30-19)15-6-8-16(9-7-15)22(27)29-2/h3-12,20-21H,13-14H2,1-2H3,(H,25,31). The molecule has 0 saturated carbocycles. The highest BCUT2D eigenvalue weighted by atomic mass is 32.1. The molecule has 8 heteroatoms. The summed E-state index contributed by atoms with van der Waals surface area (Å²) in [6.45, 7) is 1.16. The van der Waals surface area contributed by atoms with E-state index in [2.05, 4.69) is 15.2 Å². The number of ether oxygens (including phenoxy) is 2. The van der Waals surface area contributed by atoms with E-state index < -0.39 is 0 Å². The Kier molecular flexibility index (Phi) is 6.29. The van der Waals surface area contributed by atoms with Gasteiger partial charge >= 0.3 is 5.97 Å². The van der Waals surface area contributed by atoms with Gasteiger partial charge in [-0.15, -0.1) is 0 Å². The van der Waals surface area contributed by atoms with Crippen LogP contribution in [0.2, 0.25) is 0 Å². The molecule has 31 heavy (non-hydrogen) atoms. The van der Waals surface area contributed by atoms with Gasteiger partial charge in [-0.3, -0.25) is 4.98 Å². The Labute approximate surface area is 186 Å². The van der Waals surface area contributed by atoms with Gasteiger partial charge in [0, 0.05) is 25.4 Å². The Bertz CT molecular complexity index is 1050. The first-order valence-corrected chi connectivity index (χ1v) is 10.3. The fourth-order valence-corrected chi connectivity index (χ4v) is 4.03. The molecule has 1 aliphatic rings. The molecular formula is C23H23N3O4S. The molecule has 2 atom stereocenters. The van der Waals surface area contributed by atoms with Crippen LogP contribution in [0.5, 0.6) is 0 Å². The molecule has 4 rings (SSSR count). The van der Waals surface area contributed by atoms with Crippen molar-refractivity contribution in [2.24, 2.45) is 0 Å². The lowest BCUT2D eigenvalue weighted by Crippen LogP contribution is -2.32. The normalized spacial score (nSPS) is 18.1. The number of nitrogens with zero attached hydrogens (tertiary/aromatic N) is 2. The van der Waals surface area contributed by atoms with E-state index in [4.69, 9.17) is 26.1 Å². The minimum atomic E-state index is -0.371. The molecule has 0 aliphatic carbocycles. The van der Waals surface area contributed by atoms with Crippen molar-refractivity contribution < 1.29 is 18.7 Å². The van der Waals surface area contributed by atoms with Gasteiger partial charge in [0.15, 0.2) is 5.11 Å². The molecule has 3 heterocycles. The Morgan fingerprint density at radius 2 is 1.97 bits per heavy atom. The van der Waals surface area contributed by atoms with Crippen LogP contribution in [-0.4, -0.2) is 48.3 Å². The third-order valence-corrected chi connectivity index (χ3v) is 5.60. The fraction of sp³-hybridized carbons (Fsp3) is 0.261. The number of furan rings is 1. The summed E-state index contributed by atoms with van der Waals surface area (Å²) < 4.78 is 16.3. The van der Waals surface area contributed by atoms with Crippen LogP contribution in [0.15, 0.2) is 65.2 Å².